The van der Waals surface area contributed by atoms with Crippen molar-refractivity contribution >= 4 is 0 Å². The Morgan fingerprint density at radius 2 is 2.33 bits per heavy atom. The topological polar surface area (TPSA) is 9.23 Å². The minimum Gasteiger partial charge on any atom is -0.378 e. The van der Waals surface area contributed by atoms with E-state index in [9.17, 15) is 0 Å². The predicted octanol–water partition coefficient (Wildman–Crippen LogP) is 1.99. The first kappa shape index (κ1) is 6.81. The Morgan fingerprint density at radius 1 is 1.78 bits per heavy atom. The van der Waals surface area contributed by atoms with Crippen LogP contribution in [0, 0.1) is 5.92 Å². The lowest BCUT2D eigenvalue weighted by molar-refractivity contribution is 0.0865. The van der Waals surface area contributed by atoms with E-state index in [2.05, 4.69) is 20.4 Å². The zero-order chi connectivity index (χ0) is 7.07. The van der Waals surface area contributed by atoms with Gasteiger partial charge in [0, 0.05) is 13.0 Å². The highest BCUT2D eigenvalue weighted by atomic mass is 16.5. The second kappa shape index (κ2) is 1.84. The van der Waals surface area contributed by atoms with Gasteiger partial charge in [-0.2, -0.15) is 0 Å². The molecule has 0 aromatic rings. The van der Waals surface area contributed by atoms with Crippen molar-refractivity contribution in [2.75, 3.05) is 7.11 Å². The van der Waals surface area contributed by atoms with Crippen molar-refractivity contribution in [1.29, 1.82) is 0 Å². The minimum absolute atomic E-state index is 0.131. The highest BCUT2D eigenvalue weighted by Gasteiger charge is 2.50. The van der Waals surface area contributed by atoms with Crippen LogP contribution < -0.4 is 0 Å². The summed E-state index contributed by atoms with van der Waals surface area (Å²) < 4.78 is 5.26. The number of hydrogen-bond donors (Lipinski definition) is 0. The van der Waals surface area contributed by atoms with E-state index in [4.69, 9.17) is 4.74 Å². The third-order valence-corrected chi connectivity index (χ3v) is 2.25. The molecule has 0 heterocycles. The van der Waals surface area contributed by atoms with Crippen LogP contribution in [0.4, 0.5) is 0 Å². The molecule has 0 aromatic heterocycles. The first-order valence-corrected chi connectivity index (χ1v) is 3.31. The molecule has 1 fully saturated rings. The van der Waals surface area contributed by atoms with Gasteiger partial charge in [-0.1, -0.05) is 12.2 Å². The summed E-state index contributed by atoms with van der Waals surface area (Å²) in [6.07, 6.45) is 1.15. The first-order valence-electron chi connectivity index (χ1n) is 3.31. The van der Waals surface area contributed by atoms with Gasteiger partial charge in [0.25, 0.3) is 0 Å². The normalized spacial score (nSPS) is 40.6. The molecule has 0 aliphatic heterocycles. The summed E-state index contributed by atoms with van der Waals surface area (Å²) in [4.78, 5) is 0. The second-order valence-corrected chi connectivity index (χ2v) is 3.12. The maximum atomic E-state index is 5.26. The maximum Gasteiger partial charge on any atom is 0.0723 e. The molecule has 0 radical (unpaired) electrons. The van der Waals surface area contributed by atoms with Crippen LogP contribution in [0.15, 0.2) is 12.2 Å². The summed E-state index contributed by atoms with van der Waals surface area (Å²) in [6, 6.07) is 0. The van der Waals surface area contributed by atoms with E-state index >= 15 is 0 Å². The Labute approximate surface area is 56.7 Å². The summed E-state index contributed by atoms with van der Waals surface area (Å²) in [5.41, 5.74) is 1.38. The molecule has 0 saturated heterocycles. The predicted molar refractivity (Wildman–Crippen MR) is 38.3 cm³/mol. The van der Waals surface area contributed by atoms with Crippen LogP contribution in [0.25, 0.3) is 0 Å². The van der Waals surface area contributed by atoms with Crippen LogP contribution in [0.1, 0.15) is 20.3 Å². The lowest BCUT2D eigenvalue weighted by Crippen LogP contribution is -2.08. The third-order valence-electron chi connectivity index (χ3n) is 2.25. The standard InChI is InChI=1S/C8H14O/c1-6(2)7-5-8(7,3)9-4/h7H,1,5H2,2-4H3/t7-,8-/m0/s1. The summed E-state index contributed by atoms with van der Waals surface area (Å²) >= 11 is 0. The van der Waals surface area contributed by atoms with Gasteiger partial charge in [0.1, 0.15) is 0 Å². The van der Waals surface area contributed by atoms with Gasteiger partial charge in [0.05, 0.1) is 5.60 Å². The average Bonchev–Trinajstić information content (AvgIpc) is 2.44. The lowest BCUT2D eigenvalue weighted by Gasteiger charge is -2.07. The number of methoxy groups -OCH3 is 1. The Hall–Kier alpha value is -0.300. The molecule has 0 N–H and O–H groups in total. The Bertz CT molecular complexity index is 140. The Kier molecular flexibility index (Phi) is 1.39. The van der Waals surface area contributed by atoms with Gasteiger partial charge in [-0.15, -0.1) is 0 Å². The second-order valence-electron chi connectivity index (χ2n) is 3.12. The molecule has 0 bridgehead atoms. The molecule has 9 heavy (non-hydrogen) atoms. The molecule has 0 spiro atoms. The highest BCUT2D eigenvalue weighted by Crippen LogP contribution is 2.49. The van der Waals surface area contributed by atoms with Gasteiger partial charge in [-0.05, 0) is 20.3 Å². The first-order chi connectivity index (χ1) is 4.10. The maximum absolute atomic E-state index is 5.26. The molecular formula is C8H14O. The smallest absolute Gasteiger partial charge is 0.0723 e. The molecule has 2 atom stereocenters. The molecule has 1 saturated carbocycles. The van der Waals surface area contributed by atoms with Gasteiger partial charge in [0.15, 0.2) is 0 Å². The van der Waals surface area contributed by atoms with Crippen molar-refractivity contribution in [3.05, 3.63) is 12.2 Å². The van der Waals surface area contributed by atoms with Crippen molar-refractivity contribution in [2.45, 2.75) is 25.9 Å². The van der Waals surface area contributed by atoms with E-state index in [-0.39, 0.29) is 5.60 Å². The van der Waals surface area contributed by atoms with Crippen molar-refractivity contribution in [3.63, 3.8) is 0 Å². The fourth-order valence-corrected chi connectivity index (χ4v) is 1.27. The van der Waals surface area contributed by atoms with Crippen LogP contribution >= 0.6 is 0 Å². The largest absolute Gasteiger partial charge is 0.378 e. The van der Waals surface area contributed by atoms with E-state index in [0.29, 0.717) is 5.92 Å². The van der Waals surface area contributed by atoms with Gasteiger partial charge in [-0.25, -0.2) is 0 Å². The molecular weight excluding hydrogens is 112 g/mol. The zero-order valence-corrected chi connectivity index (χ0v) is 6.40. The minimum atomic E-state index is 0.131. The van der Waals surface area contributed by atoms with Crippen molar-refractivity contribution in [1.82, 2.24) is 0 Å². The number of hydrogen-bond acceptors (Lipinski definition) is 1. The van der Waals surface area contributed by atoms with Gasteiger partial charge in [0.2, 0.25) is 0 Å². The van der Waals surface area contributed by atoms with Gasteiger partial charge < -0.3 is 4.74 Å². The molecule has 0 unspecified atom stereocenters. The van der Waals surface area contributed by atoms with Crippen molar-refractivity contribution < 1.29 is 4.74 Å². The SMILES string of the molecule is C=C(C)[C@@H]1C[C@]1(C)OC. The third kappa shape index (κ3) is 1.01. The molecule has 1 heteroatoms. The molecule has 52 valence electrons. The van der Waals surface area contributed by atoms with Crippen molar-refractivity contribution in [3.8, 4) is 0 Å². The molecule has 1 rings (SSSR count). The summed E-state index contributed by atoms with van der Waals surface area (Å²) in [5, 5.41) is 0. The van der Waals surface area contributed by atoms with E-state index < -0.39 is 0 Å². The van der Waals surface area contributed by atoms with E-state index in [0.717, 1.165) is 6.42 Å². The van der Waals surface area contributed by atoms with Crippen LogP contribution in [0.5, 0.6) is 0 Å². The molecule has 1 aliphatic carbocycles. The van der Waals surface area contributed by atoms with E-state index in [1.54, 1.807) is 7.11 Å². The number of rotatable bonds is 2. The Balaban J connectivity index is 2.48. The summed E-state index contributed by atoms with van der Waals surface area (Å²) in [6.45, 7) is 8.08. The monoisotopic (exact) mass is 126 g/mol. The fraction of sp³-hybridized carbons (Fsp3) is 0.750. The highest BCUT2D eigenvalue weighted by molar-refractivity contribution is 5.17. The van der Waals surface area contributed by atoms with Gasteiger partial charge >= 0.3 is 0 Å². The summed E-state index contributed by atoms with van der Waals surface area (Å²) in [5.74, 6) is 0.613. The fourth-order valence-electron chi connectivity index (χ4n) is 1.27. The van der Waals surface area contributed by atoms with E-state index in [1.807, 2.05) is 0 Å². The molecule has 0 amide bonds. The van der Waals surface area contributed by atoms with Crippen LogP contribution in [0.3, 0.4) is 0 Å². The quantitative estimate of drug-likeness (QED) is 0.514. The zero-order valence-electron chi connectivity index (χ0n) is 6.40. The molecule has 1 aliphatic rings. The van der Waals surface area contributed by atoms with Crippen LogP contribution in [0.2, 0.25) is 0 Å². The Morgan fingerprint density at radius 3 is 2.44 bits per heavy atom. The van der Waals surface area contributed by atoms with Crippen LogP contribution in [-0.4, -0.2) is 12.7 Å². The van der Waals surface area contributed by atoms with E-state index in [1.165, 1.54) is 5.57 Å². The molecule has 0 aromatic carbocycles. The van der Waals surface area contributed by atoms with Crippen LogP contribution in [-0.2, 0) is 4.74 Å². The number of ether oxygens (including phenoxy) is 1. The summed E-state index contributed by atoms with van der Waals surface area (Å²) in [7, 11) is 1.77. The van der Waals surface area contributed by atoms with Gasteiger partial charge in [-0.3, -0.25) is 0 Å². The average molecular weight is 126 g/mol. The van der Waals surface area contributed by atoms with Crippen molar-refractivity contribution in [2.24, 2.45) is 5.92 Å². The lowest BCUT2D eigenvalue weighted by atomic mass is 10.2. The molecule has 1 nitrogen and oxygen atoms in total.